The van der Waals surface area contributed by atoms with E-state index < -0.39 is 5.97 Å². The molecule has 0 heterocycles. The summed E-state index contributed by atoms with van der Waals surface area (Å²) in [7, 11) is 0. The highest BCUT2D eigenvalue weighted by atomic mass is 16.4. The quantitative estimate of drug-likeness (QED) is 0.730. The van der Waals surface area contributed by atoms with Crippen LogP contribution in [0.2, 0.25) is 0 Å². The second kappa shape index (κ2) is 6.43. The maximum atomic E-state index is 11.4. The van der Waals surface area contributed by atoms with Crippen molar-refractivity contribution in [1.82, 2.24) is 5.32 Å². The molecule has 15 heavy (non-hydrogen) atoms. The third-order valence-electron chi connectivity index (χ3n) is 2.76. The molecule has 4 nitrogen and oxygen atoms in total. The first-order valence-corrected chi connectivity index (χ1v) is 5.69. The van der Waals surface area contributed by atoms with Crippen molar-refractivity contribution in [3.05, 3.63) is 0 Å². The minimum atomic E-state index is -0.833. The summed E-state index contributed by atoms with van der Waals surface area (Å²) in [6.45, 7) is 0. The van der Waals surface area contributed by atoms with Gasteiger partial charge < -0.3 is 10.4 Å². The van der Waals surface area contributed by atoms with Gasteiger partial charge in [0.15, 0.2) is 0 Å². The summed E-state index contributed by atoms with van der Waals surface area (Å²) in [5.74, 6) is -0.830. The number of hydrogen-bond acceptors (Lipinski definition) is 2. The van der Waals surface area contributed by atoms with Crippen LogP contribution in [0, 0.1) is 0 Å². The van der Waals surface area contributed by atoms with Crippen LogP contribution in [0.4, 0.5) is 0 Å². The molecule has 2 N–H and O–H groups in total. The summed E-state index contributed by atoms with van der Waals surface area (Å²) in [4.78, 5) is 21.6. The maximum Gasteiger partial charge on any atom is 0.303 e. The summed E-state index contributed by atoms with van der Waals surface area (Å²) < 4.78 is 0. The number of carboxylic acids is 1. The summed E-state index contributed by atoms with van der Waals surface area (Å²) in [6, 6.07) is 0.330. The average Bonchev–Trinajstić information content (AvgIpc) is 2.18. The van der Waals surface area contributed by atoms with E-state index in [0.717, 1.165) is 12.8 Å². The first-order valence-electron chi connectivity index (χ1n) is 5.69. The molecule has 0 aromatic carbocycles. The lowest BCUT2D eigenvalue weighted by Crippen LogP contribution is -2.36. The van der Waals surface area contributed by atoms with Crippen LogP contribution in [0.25, 0.3) is 0 Å². The van der Waals surface area contributed by atoms with Gasteiger partial charge in [-0.3, -0.25) is 9.59 Å². The van der Waals surface area contributed by atoms with Gasteiger partial charge in [0.25, 0.3) is 0 Å². The fourth-order valence-corrected chi connectivity index (χ4v) is 1.95. The SMILES string of the molecule is O=C(O)CCCC(=O)NC1CCCCC1. The fourth-order valence-electron chi connectivity index (χ4n) is 1.95. The molecule has 86 valence electrons. The van der Waals surface area contributed by atoms with Crippen LogP contribution < -0.4 is 5.32 Å². The third-order valence-corrected chi connectivity index (χ3v) is 2.76. The summed E-state index contributed by atoms with van der Waals surface area (Å²) >= 11 is 0. The van der Waals surface area contributed by atoms with Gasteiger partial charge in [-0.2, -0.15) is 0 Å². The zero-order chi connectivity index (χ0) is 11.1. The normalized spacial score (nSPS) is 17.3. The van der Waals surface area contributed by atoms with E-state index in [1.807, 2.05) is 0 Å². The molecule has 0 aliphatic heterocycles. The molecule has 0 atom stereocenters. The summed E-state index contributed by atoms with van der Waals surface area (Å²) in [6.07, 6.45) is 6.66. The molecule has 4 heteroatoms. The molecule has 0 aromatic rings. The van der Waals surface area contributed by atoms with Crippen molar-refractivity contribution in [2.45, 2.75) is 57.4 Å². The number of rotatable bonds is 5. The Morgan fingerprint density at radius 3 is 2.40 bits per heavy atom. The molecule has 0 radical (unpaired) electrons. The first kappa shape index (κ1) is 12.0. The number of amides is 1. The van der Waals surface area contributed by atoms with E-state index in [0.29, 0.717) is 18.9 Å². The van der Waals surface area contributed by atoms with Crippen LogP contribution >= 0.6 is 0 Å². The van der Waals surface area contributed by atoms with E-state index in [1.54, 1.807) is 0 Å². The standard InChI is InChI=1S/C11H19NO3/c13-10(7-4-8-11(14)15)12-9-5-2-1-3-6-9/h9H,1-8H2,(H,12,13)(H,14,15). The number of nitrogens with one attached hydrogen (secondary N) is 1. The number of carbonyl (C=O) groups is 2. The Bertz CT molecular complexity index is 222. The Balaban J connectivity index is 2.09. The van der Waals surface area contributed by atoms with Crippen LogP contribution in [-0.2, 0) is 9.59 Å². The van der Waals surface area contributed by atoms with E-state index in [2.05, 4.69) is 5.32 Å². The Morgan fingerprint density at radius 2 is 1.80 bits per heavy atom. The summed E-state index contributed by atoms with van der Waals surface area (Å²) in [5.41, 5.74) is 0. The molecule has 0 unspecified atom stereocenters. The van der Waals surface area contributed by atoms with Crippen molar-refractivity contribution in [1.29, 1.82) is 0 Å². The van der Waals surface area contributed by atoms with Crippen LogP contribution in [0.3, 0.4) is 0 Å². The largest absolute Gasteiger partial charge is 0.481 e. The third kappa shape index (κ3) is 5.40. The lowest BCUT2D eigenvalue weighted by atomic mass is 9.95. The highest BCUT2D eigenvalue weighted by Crippen LogP contribution is 2.17. The smallest absolute Gasteiger partial charge is 0.303 e. The minimum Gasteiger partial charge on any atom is -0.481 e. The van der Waals surface area contributed by atoms with Gasteiger partial charge in [-0.05, 0) is 19.3 Å². The lowest BCUT2D eigenvalue weighted by molar-refractivity contribution is -0.137. The van der Waals surface area contributed by atoms with Gasteiger partial charge in [0.2, 0.25) is 5.91 Å². The van der Waals surface area contributed by atoms with Gasteiger partial charge in [-0.15, -0.1) is 0 Å². The Labute approximate surface area is 90.0 Å². The number of carboxylic acid groups (broad SMARTS) is 1. The van der Waals surface area contributed by atoms with Gasteiger partial charge >= 0.3 is 5.97 Å². The zero-order valence-corrected chi connectivity index (χ0v) is 9.00. The first-order chi connectivity index (χ1) is 7.18. The van der Waals surface area contributed by atoms with Crippen molar-refractivity contribution in [2.75, 3.05) is 0 Å². The van der Waals surface area contributed by atoms with Crippen LogP contribution in [-0.4, -0.2) is 23.0 Å². The molecular weight excluding hydrogens is 194 g/mol. The van der Waals surface area contributed by atoms with Gasteiger partial charge in [-0.1, -0.05) is 19.3 Å². The molecule has 0 aromatic heterocycles. The molecule has 1 fully saturated rings. The van der Waals surface area contributed by atoms with Gasteiger partial charge in [0.1, 0.15) is 0 Å². The molecule has 1 amide bonds. The number of carbonyl (C=O) groups excluding carboxylic acids is 1. The number of aliphatic carboxylic acids is 1. The number of hydrogen-bond donors (Lipinski definition) is 2. The zero-order valence-electron chi connectivity index (χ0n) is 9.00. The van der Waals surface area contributed by atoms with E-state index in [9.17, 15) is 9.59 Å². The molecule has 0 bridgehead atoms. The van der Waals surface area contributed by atoms with Crippen molar-refractivity contribution in [3.8, 4) is 0 Å². The van der Waals surface area contributed by atoms with E-state index in [4.69, 9.17) is 5.11 Å². The van der Waals surface area contributed by atoms with Crippen molar-refractivity contribution in [2.24, 2.45) is 0 Å². The Kier molecular flexibility index (Phi) is 5.15. The fraction of sp³-hybridized carbons (Fsp3) is 0.818. The Morgan fingerprint density at radius 1 is 1.13 bits per heavy atom. The van der Waals surface area contributed by atoms with E-state index in [-0.39, 0.29) is 12.3 Å². The lowest BCUT2D eigenvalue weighted by Gasteiger charge is -2.22. The highest BCUT2D eigenvalue weighted by molar-refractivity contribution is 5.77. The summed E-state index contributed by atoms with van der Waals surface area (Å²) in [5, 5.41) is 11.4. The second-order valence-electron chi connectivity index (χ2n) is 4.15. The van der Waals surface area contributed by atoms with Crippen molar-refractivity contribution >= 4 is 11.9 Å². The monoisotopic (exact) mass is 213 g/mol. The van der Waals surface area contributed by atoms with Crippen LogP contribution in [0.15, 0.2) is 0 Å². The molecule has 0 saturated heterocycles. The van der Waals surface area contributed by atoms with Crippen molar-refractivity contribution in [3.63, 3.8) is 0 Å². The predicted molar refractivity (Wildman–Crippen MR) is 56.5 cm³/mol. The molecule has 1 saturated carbocycles. The van der Waals surface area contributed by atoms with Crippen LogP contribution in [0.1, 0.15) is 51.4 Å². The molecular formula is C11H19NO3. The molecule has 1 aliphatic rings. The predicted octanol–water partition coefficient (Wildman–Crippen LogP) is 1.69. The highest BCUT2D eigenvalue weighted by Gasteiger charge is 2.15. The van der Waals surface area contributed by atoms with E-state index in [1.165, 1.54) is 19.3 Å². The topological polar surface area (TPSA) is 66.4 Å². The van der Waals surface area contributed by atoms with Gasteiger partial charge in [-0.25, -0.2) is 0 Å². The molecule has 1 rings (SSSR count). The van der Waals surface area contributed by atoms with Crippen LogP contribution in [0.5, 0.6) is 0 Å². The maximum absolute atomic E-state index is 11.4. The minimum absolute atomic E-state index is 0.00292. The average molecular weight is 213 g/mol. The van der Waals surface area contributed by atoms with Crippen molar-refractivity contribution < 1.29 is 14.7 Å². The van der Waals surface area contributed by atoms with Gasteiger partial charge in [0, 0.05) is 18.9 Å². The second-order valence-corrected chi connectivity index (χ2v) is 4.15. The molecule has 1 aliphatic carbocycles. The van der Waals surface area contributed by atoms with E-state index >= 15 is 0 Å². The van der Waals surface area contributed by atoms with Gasteiger partial charge in [0.05, 0.1) is 0 Å². The Hall–Kier alpha value is -1.06. The molecule has 0 spiro atoms.